The van der Waals surface area contributed by atoms with Crippen molar-refractivity contribution in [1.82, 2.24) is 0 Å². The van der Waals surface area contributed by atoms with E-state index in [2.05, 4.69) is 13.8 Å². The molecule has 4 aliphatic rings. The van der Waals surface area contributed by atoms with Crippen LogP contribution in [0.3, 0.4) is 0 Å². The Labute approximate surface area is 128 Å². The number of carbonyl (C=O) groups is 2. The maximum atomic E-state index is 12.8. The summed E-state index contributed by atoms with van der Waals surface area (Å²) in [5.41, 5.74) is 0.632. The highest BCUT2D eigenvalue weighted by Crippen LogP contribution is 2.65. The van der Waals surface area contributed by atoms with Crippen LogP contribution in [0.4, 0.5) is 0 Å². The van der Waals surface area contributed by atoms with Crippen molar-refractivity contribution in [2.24, 2.45) is 34.5 Å². The summed E-state index contributed by atoms with van der Waals surface area (Å²) in [5.74, 6) is 2.88. The van der Waals surface area contributed by atoms with Crippen molar-refractivity contribution in [1.29, 1.82) is 0 Å². The second-order valence-corrected chi connectivity index (χ2v) is 8.93. The van der Waals surface area contributed by atoms with Crippen LogP contribution in [0.2, 0.25) is 0 Å². The molecule has 0 saturated heterocycles. The minimum Gasteiger partial charge on any atom is -0.300 e. The quantitative estimate of drug-likeness (QED) is 0.670. The second-order valence-electron chi connectivity index (χ2n) is 8.93. The van der Waals surface area contributed by atoms with Gasteiger partial charge in [0.1, 0.15) is 11.6 Å². The number of Topliss-reactive ketones (excluding diaryl/α,β-unsaturated/α-hetero) is 2. The van der Waals surface area contributed by atoms with E-state index >= 15 is 0 Å². The van der Waals surface area contributed by atoms with E-state index in [0.29, 0.717) is 41.7 Å². The van der Waals surface area contributed by atoms with E-state index in [1.807, 2.05) is 0 Å². The molecule has 5 unspecified atom stereocenters. The van der Waals surface area contributed by atoms with Crippen LogP contribution in [0, 0.1) is 34.5 Å². The Kier molecular flexibility index (Phi) is 2.94. The van der Waals surface area contributed by atoms with E-state index in [1.54, 1.807) is 0 Å². The molecule has 116 valence electrons. The van der Waals surface area contributed by atoms with Gasteiger partial charge in [0.2, 0.25) is 0 Å². The van der Waals surface area contributed by atoms with Crippen LogP contribution in [0.5, 0.6) is 0 Å². The van der Waals surface area contributed by atoms with Gasteiger partial charge >= 0.3 is 0 Å². The van der Waals surface area contributed by atoms with Crippen molar-refractivity contribution in [3.05, 3.63) is 0 Å². The average Bonchev–Trinajstić information content (AvgIpc) is 2.83. The number of rotatable bonds is 0. The highest BCUT2D eigenvalue weighted by molar-refractivity contribution is 5.90. The lowest BCUT2D eigenvalue weighted by molar-refractivity contribution is -0.157. The minimum absolute atomic E-state index is 0.0470. The fraction of sp³-hybridized carbons (Fsp3) is 0.895. The van der Waals surface area contributed by atoms with Crippen LogP contribution in [-0.4, -0.2) is 11.6 Å². The van der Waals surface area contributed by atoms with Crippen molar-refractivity contribution in [3.63, 3.8) is 0 Å². The first-order valence-corrected chi connectivity index (χ1v) is 8.98. The molecule has 0 aliphatic heterocycles. The Morgan fingerprint density at radius 1 is 0.952 bits per heavy atom. The van der Waals surface area contributed by atoms with Crippen molar-refractivity contribution in [3.8, 4) is 0 Å². The van der Waals surface area contributed by atoms with Gasteiger partial charge in [-0.3, -0.25) is 9.59 Å². The normalized spacial score (nSPS) is 53.0. The fourth-order valence-electron chi connectivity index (χ4n) is 6.83. The Morgan fingerprint density at radius 3 is 2.57 bits per heavy atom. The third-order valence-electron chi connectivity index (χ3n) is 8.06. The van der Waals surface area contributed by atoms with Crippen molar-refractivity contribution < 1.29 is 9.59 Å². The van der Waals surface area contributed by atoms with Crippen molar-refractivity contribution in [2.45, 2.75) is 71.6 Å². The molecule has 0 heterocycles. The molecule has 4 saturated carbocycles. The molecule has 0 amide bonds. The summed E-state index contributed by atoms with van der Waals surface area (Å²) in [6, 6.07) is 0. The molecule has 0 aromatic rings. The molecule has 4 fully saturated rings. The molecule has 2 nitrogen and oxygen atoms in total. The predicted molar refractivity (Wildman–Crippen MR) is 81.7 cm³/mol. The fourth-order valence-corrected chi connectivity index (χ4v) is 6.83. The Morgan fingerprint density at radius 2 is 1.76 bits per heavy atom. The lowest BCUT2D eigenvalue weighted by Crippen LogP contribution is -2.56. The van der Waals surface area contributed by atoms with E-state index in [-0.39, 0.29) is 11.3 Å². The topological polar surface area (TPSA) is 34.1 Å². The molecule has 4 aliphatic carbocycles. The molecule has 6 atom stereocenters. The lowest BCUT2D eigenvalue weighted by Gasteiger charge is -2.58. The summed E-state index contributed by atoms with van der Waals surface area (Å²) >= 11 is 0. The van der Waals surface area contributed by atoms with E-state index in [4.69, 9.17) is 0 Å². The third kappa shape index (κ3) is 1.83. The van der Waals surface area contributed by atoms with Gasteiger partial charge in [0.05, 0.1) is 0 Å². The molecule has 0 spiro atoms. The molecule has 0 radical (unpaired) electrons. The molecule has 0 N–H and O–H groups in total. The van der Waals surface area contributed by atoms with Gasteiger partial charge in [-0.25, -0.2) is 0 Å². The van der Waals surface area contributed by atoms with Gasteiger partial charge in [0.25, 0.3) is 0 Å². The summed E-state index contributed by atoms with van der Waals surface area (Å²) in [6.07, 6.45) is 9.71. The minimum atomic E-state index is 0.0470. The Bertz CT molecular complexity index is 496. The number of hydrogen-bond donors (Lipinski definition) is 0. The third-order valence-corrected chi connectivity index (χ3v) is 8.06. The Hall–Kier alpha value is -0.660. The summed E-state index contributed by atoms with van der Waals surface area (Å²) in [4.78, 5) is 24.6. The summed E-state index contributed by atoms with van der Waals surface area (Å²) in [7, 11) is 0. The first-order chi connectivity index (χ1) is 9.94. The maximum absolute atomic E-state index is 12.8. The van der Waals surface area contributed by atoms with Crippen LogP contribution in [-0.2, 0) is 9.59 Å². The van der Waals surface area contributed by atoms with E-state index in [1.165, 1.54) is 32.1 Å². The van der Waals surface area contributed by atoms with Gasteiger partial charge in [0, 0.05) is 25.2 Å². The smallest absolute Gasteiger partial charge is 0.137 e. The highest BCUT2D eigenvalue weighted by atomic mass is 16.1. The van der Waals surface area contributed by atoms with Crippen molar-refractivity contribution in [2.75, 3.05) is 0 Å². The molecule has 0 aromatic heterocycles. The zero-order valence-corrected chi connectivity index (χ0v) is 13.5. The number of hydrogen-bond acceptors (Lipinski definition) is 2. The second kappa shape index (κ2) is 4.43. The van der Waals surface area contributed by atoms with Crippen LogP contribution >= 0.6 is 0 Å². The zero-order chi connectivity index (χ0) is 14.8. The summed E-state index contributed by atoms with van der Waals surface area (Å²) in [5, 5.41) is 0. The predicted octanol–water partition coefficient (Wildman–Crippen LogP) is 4.17. The van der Waals surface area contributed by atoms with E-state index < -0.39 is 0 Å². The number of carbonyl (C=O) groups excluding carboxylic acids is 2. The standard InChI is InChI=1S/C19H28O2/c1-18-7-3-4-14(18)13-11-17(21)16-10-12(20)5-9-19(16,2)15(13)6-8-18/h13-16H,3-11H2,1-2H3/t13?,14?,15?,16-,18?,19?/m1/s1. The highest BCUT2D eigenvalue weighted by Gasteiger charge is 2.60. The molecule has 2 heteroatoms. The SMILES string of the molecule is CC12CCCC1C1CC(=O)[C@H]3CC(=O)CCC3(C)C1CC2. The van der Waals surface area contributed by atoms with Crippen molar-refractivity contribution >= 4 is 11.6 Å². The summed E-state index contributed by atoms with van der Waals surface area (Å²) < 4.78 is 0. The van der Waals surface area contributed by atoms with Crippen LogP contribution in [0.1, 0.15) is 71.6 Å². The maximum Gasteiger partial charge on any atom is 0.137 e. The summed E-state index contributed by atoms with van der Waals surface area (Å²) in [6.45, 7) is 4.82. The Balaban J connectivity index is 1.70. The van der Waals surface area contributed by atoms with Gasteiger partial charge in [-0.1, -0.05) is 20.3 Å². The van der Waals surface area contributed by atoms with Gasteiger partial charge in [-0.2, -0.15) is 0 Å². The van der Waals surface area contributed by atoms with E-state index in [0.717, 1.165) is 18.8 Å². The molecular formula is C19H28O2. The zero-order valence-electron chi connectivity index (χ0n) is 13.5. The molecular weight excluding hydrogens is 260 g/mol. The van der Waals surface area contributed by atoms with Gasteiger partial charge < -0.3 is 0 Å². The first kappa shape index (κ1) is 14.0. The van der Waals surface area contributed by atoms with Crippen LogP contribution in [0.25, 0.3) is 0 Å². The van der Waals surface area contributed by atoms with Gasteiger partial charge in [0.15, 0.2) is 0 Å². The van der Waals surface area contributed by atoms with Gasteiger partial charge in [-0.05, 0) is 60.7 Å². The lowest BCUT2D eigenvalue weighted by atomic mass is 9.45. The molecule has 0 bridgehead atoms. The van der Waals surface area contributed by atoms with Gasteiger partial charge in [-0.15, -0.1) is 0 Å². The number of ketones is 2. The van der Waals surface area contributed by atoms with Crippen LogP contribution < -0.4 is 0 Å². The monoisotopic (exact) mass is 288 g/mol. The molecule has 4 rings (SSSR count). The van der Waals surface area contributed by atoms with E-state index in [9.17, 15) is 9.59 Å². The largest absolute Gasteiger partial charge is 0.300 e. The molecule has 21 heavy (non-hydrogen) atoms. The average molecular weight is 288 g/mol. The van der Waals surface area contributed by atoms with Crippen LogP contribution in [0.15, 0.2) is 0 Å². The first-order valence-electron chi connectivity index (χ1n) is 8.98. The number of fused-ring (bicyclic) bond motifs is 5. The molecule has 0 aromatic carbocycles.